The molecule has 0 saturated carbocycles. The molecule has 1 aliphatic rings. The van der Waals surface area contributed by atoms with Gasteiger partial charge < -0.3 is 10.4 Å². The molecule has 1 saturated heterocycles. The second-order valence-corrected chi connectivity index (χ2v) is 5.48. The summed E-state index contributed by atoms with van der Waals surface area (Å²) >= 11 is 2.06. The second-order valence-electron chi connectivity index (χ2n) is 4.01. The molecule has 2 nitrogen and oxygen atoms in total. The van der Waals surface area contributed by atoms with E-state index in [0.29, 0.717) is 18.7 Å². The van der Waals surface area contributed by atoms with Crippen molar-refractivity contribution >= 4 is 11.8 Å². The highest BCUT2D eigenvalue weighted by Gasteiger charge is 2.22. The van der Waals surface area contributed by atoms with Crippen LogP contribution in [0.1, 0.15) is 33.1 Å². The summed E-state index contributed by atoms with van der Waals surface area (Å²) in [6.07, 6.45) is 3.31. The van der Waals surface area contributed by atoms with Gasteiger partial charge in [-0.3, -0.25) is 0 Å². The predicted octanol–water partition coefficient (Wildman–Crippen LogP) is 1.63. The molecule has 1 aliphatic heterocycles. The Labute approximate surface area is 85.5 Å². The largest absolute Gasteiger partial charge is 0.396 e. The van der Waals surface area contributed by atoms with Gasteiger partial charge in [0.2, 0.25) is 0 Å². The fraction of sp³-hybridized carbons (Fsp3) is 1.00. The molecule has 3 unspecified atom stereocenters. The minimum atomic E-state index is 0.321. The fourth-order valence-corrected chi connectivity index (χ4v) is 2.98. The first kappa shape index (κ1) is 11.3. The molecule has 1 rings (SSSR count). The number of rotatable bonds is 5. The van der Waals surface area contributed by atoms with E-state index in [4.69, 9.17) is 5.11 Å². The summed E-state index contributed by atoms with van der Waals surface area (Å²) in [6.45, 7) is 4.83. The normalized spacial score (nSPS) is 30.7. The monoisotopic (exact) mass is 203 g/mol. The van der Waals surface area contributed by atoms with Crippen molar-refractivity contribution < 1.29 is 5.11 Å². The van der Waals surface area contributed by atoms with E-state index < -0.39 is 0 Å². The van der Waals surface area contributed by atoms with Gasteiger partial charge in [-0.2, -0.15) is 11.8 Å². The molecule has 0 aromatic heterocycles. The SMILES string of the molecule is CC(CCCO)NC1CSC(C)C1. The van der Waals surface area contributed by atoms with E-state index in [1.54, 1.807) is 0 Å². The maximum absolute atomic E-state index is 8.69. The van der Waals surface area contributed by atoms with Gasteiger partial charge in [-0.25, -0.2) is 0 Å². The molecule has 13 heavy (non-hydrogen) atoms. The van der Waals surface area contributed by atoms with Gasteiger partial charge in [0.1, 0.15) is 0 Å². The maximum Gasteiger partial charge on any atom is 0.0431 e. The molecule has 0 aromatic carbocycles. The number of nitrogens with one attached hydrogen (secondary N) is 1. The first-order valence-electron chi connectivity index (χ1n) is 5.21. The molecule has 2 N–H and O–H groups in total. The highest BCUT2D eigenvalue weighted by atomic mass is 32.2. The van der Waals surface area contributed by atoms with Crippen LogP contribution < -0.4 is 5.32 Å². The van der Waals surface area contributed by atoms with E-state index in [2.05, 4.69) is 30.9 Å². The molecule has 78 valence electrons. The van der Waals surface area contributed by atoms with Gasteiger partial charge in [0.25, 0.3) is 0 Å². The Kier molecular flexibility index (Phi) is 5.14. The summed E-state index contributed by atoms with van der Waals surface area (Å²) in [5.41, 5.74) is 0. The number of aliphatic hydroxyl groups excluding tert-OH is 1. The van der Waals surface area contributed by atoms with Crippen molar-refractivity contribution in [3.8, 4) is 0 Å². The van der Waals surface area contributed by atoms with Crippen LogP contribution in [-0.2, 0) is 0 Å². The molecule has 0 bridgehead atoms. The quantitative estimate of drug-likeness (QED) is 0.712. The lowest BCUT2D eigenvalue weighted by atomic mass is 10.1. The van der Waals surface area contributed by atoms with Crippen LogP contribution in [0.2, 0.25) is 0 Å². The highest BCUT2D eigenvalue weighted by molar-refractivity contribution is 8.00. The van der Waals surface area contributed by atoms with Crippen molar-refractivity contribution in [1.29, 1.82) is 0 Å². The van der Waals surface area contributed by atoms with Crippen molar-refractivity contribution in [1.82, 2.24) is 5.32 Å². The molecule has 0 aliphatic carbocycles. The lowest BCUT2D eigenvalue weighted by molar-refractivity contribution is 0.274. The number of aliphatic hydroxyl groups is 1. The zero-order valence-electron chi connectivity index (χ0n) is 8.62. The number of hydrogen-bond donors (Lipinski definition) is 2. The molecule has 0 spiro atoms. The Morgan fingerprint density at radius 2 is 2.38 bits per heavy atom. The average Bonchev–Trinajstić information content (AvgIpc) is 2.48. The van der Waals surface area contributed by atoms with E-state index in [1.165, 1.54) is 12.2 Å². The van der Waals surface area contributed by atoms with Gasteiger partial charge in [-0.1, -0.05) is 6.92 Å². The Morgan fingerprint density at radius 1 is 1.62 bits per heavy atom. The van der Waals surface area contributed by atoms with Crippen molar-refractivity contribution in [2.75, 3.05) is 12.4 Å². The summed E-state index contributed by atoms with van der Waals surface area (Å²) in [5, 5.41) is 13.1. The lowest BCUT2D eigenvalue weighted by Crippen LogP contribution is -2.36. The molecule has 0 radical (unpaired) electrons. The topological polar surface area (TPSA) is 32.3 Å². The molecule has 0 aromatic rings. The van der Waals surface area contributed by atoms with Crippen LogP contribution in [0.25, 0.3) is 0 Å². The van der Waals surface area contributed by atoms with Gasteiger partial charge in [0.05, 0.1) is 0 Å². The van der Waals surface area contributed by atoms with Gasteiger partial charge in [0, 0.05) is 29.7 Å². The molecular formula is C10H21NOS. The van der Waals surface area contributed by atoms with E-state index in [0.717, 1.165) is 18.1 Å². The number of thioether (sulfide) groups is 1. The number of hydrogen-bond acceptors (Lipinski definition) is 3. The minimum absolute atomic E-state index is 0.321. The molecule has 1 fully saturated rings. The van der Waals surface area contributed by atoms with Crippen molar-refractivity contribution in [3.63, 3.8) is 0 Å². The Morgan fingerprint density at radius 3 is 2.92 bits per heavy atom. The third-order valence-electron chi connectivity index (χ3n) is 2.51. The highest BCUT2D eigenvalue weighted by Crippen LogP contribution is 2.26. The van der Waals surface area contributed by atoms with Gasteiger partial charge in [-0.15, -0.1) is 0 Å². The molecule has 0 amide bonds. The van der Waals surface area contributed by atoms with Gasteiger partial charge in [-0.05, 0) is 26.2 Å². The lowest BCUT2D eigenvalue weighted by Gasteiger charge is -2.18. The Hall–Kier alpha value is 0.270. The maximum atomic E-state index is 8.69. The van der Waals surface area contributed by atoms with Crippen LogP contribution in [0.5, 0.6) is 0 Å². The minimum Gasteiger partial charge on any atom is -0.396 e. The van der Waals surface area contributed by atoms with Crippen LogP contribution >= 0.6 is 11.8 Å². The van der Waals surface area contributed by atoms with Crippen LogP contribution in [0.4, 0.5) is 0 Å². The summed E-state index contributed by atoms with van der Waals surface area (Å²) in [7, 11) is 0. The van der Waals surface area contributed by atoms with E-state index >= 15 is 0 Å². The van der Waals surface area contributed by atoms with Crippen molar-refractivity contribution in [2.45, 2.75) is 50.4 Å². The first-order chi connectivity index (χ1) is 6.22. The summed E-state index contributed by atoms with van der Waals surface area (Å²) < 4.78 is 0. The van der Waals surface area contributed by atoms with Crippen LogP contribution in [0, 0.1) is 0 Å². The van der Waals surface area contributed by atoms with Gasteiger partial charge in [0.15, 0.2) is 0 Å². The average molecular weight is 203 g/mol. The van der Waals surface area contributed by atoms with E-state index in [1.807, 2.05) is 0 Å². The summed E-state index contributed by atoms with van der Waals surface area (Å²) in [5.74, 6) is 1.25. The smallest absolute Gasteiger partial charge is 0.0431 e. The van der Waals surface area contributed by atoms with Crippen molar-refractivity contribution in [3.05, 3.63) is 0 Å². The van der Waals surface area contributed by atoms with Crippen LogP contribution in [0.3, 0.4) is 0 Å². The predicted molar refractivity (Wildman–Crippen MR) is 59.2 cm³/mol. The van der Waals surface area contributed by atoms with Crippen LogP contribution in [-0.4, -0.2) is 34.8 Å². The molecule has 3 heteroatoms. The van der Waals surface area contributed by atoms with Gasteiger partial charge >= 0.3 is 0 Å². The Bertz CT molecular complexity index is 143. The fourth-order valence-electron chi connectivity index (χ4n) is 1.82. The zero-order chi connectivity index (χ0) is 9.68. The molecule has 3 atom stereocenters. The van der Waals surface area contributed by atoms with E-state index in [9.17, 15) is 0 Å². The van der Waals surface area contributed by atoms with E-state index in [-0.39, 0.29) is 0 Å². The zero-order valence-corrected chi connectivity index (χ0v) is 9.44. The first-order valence-corrected chi connectivity index (χ1v) is 6.25. The Balaban J connectivity index is 2.09. The van der Waals surface area contributed by atoms with Crippen LogP contribution in [0.15, 0.2) is 0 Å². The third kappa shape index (κ3) is 4.34. The molecule has 1 heterocycles. The molecular weight excluding hydrogens is 182 g/mol. The standard InChI is InChI=1S/C10H21NOS/c1-8(4-3-5-12)11-10-6-9(2)13-7-10/h8-12H,3-7H2,1-2H3. The second kappa shape index (κ2) is 5.89. The summed E-state index contributed by atoms with van der Waals surface area (Å²) in [4.78, 5) is 0. The van der Waals surface area contributed by atoms with Crippen molar-refractivity contribution in [2.24, 2.45) is 0 Å². The third-order valence-corrected chi connectivity index (χ3v) is 3.87. The summed E-state index contributed by atoms with van der Waals surface area (Å²) in [6, 6.07) is 1.26.